The van der Waals surface area contributed by atoms with Gasteiger partial charge in [-0.2, -0.15) is 0 Å². The van der Waals surface area contributed by atoms with E-state index in [1.807, 2.05) is 0 Å². The maximum Gasteiger partial charge on any atom is 0.319 e. The first kappa shape index (κ1) is 16.1. The number of anilines is 1. The summed E-state index contributed by atoms with van der Waals surface area (Å²) in [5, 5.41) is 5.11. The average Bonchev–Trinajstić information content (AvgIpc) is 2.49. The quantitative estimate of drug-likeness (QED) is 0.782. The molecule has 4 atom stereocenters. The summed E-state index contributed by atoms with van der Waals surface area (Å²) in [6.07, 6.45) is 2.07. The largest absolute Gasteiger partial charge is 0.335 e. The van der Waals surface area contributed by atoms with Crippen molar-refractivity contribution in [3.05, 3.63) is 29.6 Å². The summed E-state index contributed by atoms with van der Waals surface area (Å²) in [5.41, 5.74) is -0.0596. The normalized spacial score (nSPS) is 31.2. The first-order valence-electron chi connectivity index (χ1n) is 7.92. The predicted octanol–water partition coefficient (Wildman–Crippen LogP) is 4.30. The molecule has 0 radical (unpaired) electrons. The summed E-state index contributed by atoms with van der Waals surface area (Å²) in [6, 6.07) is 1.22. The molecular formula is C17H21F3N2O. The molecule has 0 heterocycles. The van der Waals surface area contributed by atoms with Crippen molar-refractivity contribution >= 4 is 11.7 Å². The van der Waals surface area contributed by atoms with E-state index in [4.69, 9.17) is 0 Å². The number of halogens is 3. The second-order valence-corrected chi connectivity index (χ2v) is 7.38. The molecule has 3 nitrogen and oxygen atoms in total. The first-order valence-corrected chi connectivity index (χ1v) is 7.92. The molecule has 0 saturated heterocycles. The van der Waals surface area contributed by atoms with Crippen molar-refractivity contribution in [3.8, 4) is 0 Å². The molecule has 2 amide bonds. The Balaban J connectivity index is 1.64. The molecular weight excluding hydrogens is 305 g/mol. The Hall–Kier alpha value is -1.72. The van der Waals surface area contributed by atoms with Gasteiger partial charge in [-0.05, 0) is 48.1 Å². The molecule has 0 aromatic heterocycles. The minimum absolute atomic E-state index is 0.0140. The third-order valence-corrected chi connectivity index (χ3v) is 5.95. The van der Waals surface area contributed by atoms with Crippen LogP contribution >= 0.6 is 0 Å². The fourth-order valence-corrected chi connectivity index (χ4v) is 4.29. The zero-order valence-corrected chi connectivity index (χ0v) is 13.4. The summed E-state index contributed by atoms with van der Waals surface area (Å²) >= 11 is 0. The molecule has 3 aliphatic rings. The number of fused-ring (bicyclic) bond motifs is 2. The number of carbonyl (C=O) groups excluding carboxylic acids is 1. The molecule has 3 saturated carbocycles. The van der Waals surface area contributed by atoms with Crippen molar-refractivity contribution < 1.29 is 18.0 Å². The van der Waals surface area contributed by atoms with Gasteiger partial charge < -0.3 is 10.6 Å². The number of hydrogen-bond acceptors (Lipinski definition) is 1. The summed E-state index contributed by atoms with van der Waals surface area (Å²) < 4.78 is 39.7. The highest BCUT2D eigenvalue weighted by Crippen LogP contribution is 2.61. The third-order valence-electron chi connectivity index (χ3n) is 5.95. The maximum absolute atomic E-state index is 13.6. The fourth-order valence-electron chi connectivity index (χ4n) is 4.29. The molecule has 1 aromatic carbocycles. The average molecular weight is 326 g/mol. The van der Waals surface area contributed by atoms with Gasteiger partial charge in [0.2, 0.25) is 0 Å². The lowest BCUT2D eigenvalue weighted by Crippen LogP contribution is -2.61. The number of nitrogens with one attached hydrogen (secondary N) is 2. The van der Waals surface area contributed by atoms with Gasteiger partial charge in [-0.1, -0.05) is 20.8 Å². The van der Waals surface area contributed by atoms with E-state index in [9.17, 15) is 18.0 Å². The predicted molar refractivity (Wildman–Crippen MR) is 81.4 cm³/mol. The molecule has 0 spiro atoms. The van der Waals surface area contributed by atoms with Crippen molar-refractivity contribution in [1.82, 2.24) is 5.32 Å². The Morgan fingerprint density at radius 2 is 1.87 bits per heavy atom. The van der Waals surface area contributed by atoms with E-state index in [2.05, 4.69) is 31.4 Å². The topological polar surface area (TPSA) is 41.1 Å². The van der Waals surface area contributed by atoms with E-state index in [0.29, 0.717) is 23.2 Å². The Morgan fingerprint density at radius 1 is 1.17 bits per heavy atom. The van der Waals surface area contributed by atoms with E-state index >= 15 is 0 Å². The summed E-state index contributed by atoms with van der Waals surface area (Å²) in [7, 11) is 0. The van der Waals surface area contributed by atoms with Crippen molar-refractivity contribution in [1.29, 1.82) is 0 Å². The molecule has 2 bridgehead atoms. The molecule has 4 rings (SSSR count). The van der Waals surface area contributed by atoms with Crippen molar-refractivity contribution in [2.24, 2.45) is 23.2 Å². The molecule has 4 unspecified atom stereocenters. The Labute approximate surface area is 133 Å². The number of hydrogen-bond donors (Lipinski definition) is 2. The minimum Gasteiger partial charge on any atom is -0.335 e. The van der Waals surface area contributed by atoms with Gasteiger partial charge >= 0.3 is 6.03 Å². The van der Waals surface area contributed by atoms with Crippen molar-refractivity contribution in [3.63, 3.8) is 0 Å². The van der Waals surface area contributed by atoms with Crippen LogP contribution < -0.4 is 10.6 Å². The molecule has 3 aliphatic carbocycles. The number of carbonyl (C=O) groups is 1. The zero-order valence-electron chi connectivity index (χ0n) is 13.4. The van der Waals surface area contributed by atoms with Crippen LogP contribution in [0.2, 0.25) is 0 Å². The van der Waals surface area contributed by atoms with Gasteiger partial charge in [0.25, 0.3) is 0 Å². The van der Waals surface area contributed by atoms with Crippen LogP contribution in [0.4, 0.5) is 23.7 Å². The monoisotopic (exact) mass is 326 g/mol. The number of benzene rings is 1. The van der Waals surface area contributed by atoms with E-state index in [0.717, 1.165) is 18.6 Å². The van der Waals surface area contributed by atoms with Crippen LogP contribution in [0, 0.1) is 40.6 Å². The molecule has 2 N–H and O–H groups in total. The van der Waals surface area contributed by atoms with Crippen LogP contribution in [0.1, 0.15) is 33.6 Å². The van der Waals surface area contributed by atoms with Crippen LogP contribution in [-0.2, 0) is 0 Å². The number of urea groups is 1. The Morgan fingerprint density at radius 3 is 2.48 bits per heavy atom. The molecule has 1 aromatic rings. The van der Waals surface area contributed by atoms with Crippen LogP contribution in [0.5, 0.6) is 0 Å². The molecule has 23 heavy (non-hydrogen) atoms. The van der Waals surface area contributed by atoms with Gasteiger partial charge in [0.1, 0.15) is 0 Å². The van der Waals surface area contributed by atoms with Gasteiger partial charge in [-0.25, -0.2) is 18.0 Å². The lowest BCUT2D eigenvalue weighted by molar-refractivity contribution is -0.112. The lowest BCUT2D eigenvalue weighted by atomic mass is 9.45. The number of amides is 2. The zero-order chi connectivity index (χ0) is 16.9. The first-order chi connectivity index (χ1) is 10.7. The second kappa shape index (κ2) is 5.42. The molecule has 6 heteroatoms. The Kier molecular flexibility index (Phi) is 3.81. The molecule has 3 fully saturated rings. The highest BCUT2D eigenvalue weighted by atomic mass is 19.2. The summed E-state index contributed by atoms with van der Waals surface area (Å²) in [6.45, 7) is 6.63. The van der Waals surface area contributed by atoms with Gasteiger partial charge in [-0.3, -0.25) is 0 Å². The molecule has 0 aliphatic heterocycles. The minimum atomic E-state index is -1.59. The van der Waals surface area contributed by atoms with E-state index in [-0.39, 0.29) is 11.7 Å². The highest BCUT2D eigenvalue weighted by Gasteiger charge is 2.56. The van der Waals surface area contributed by atoms with Gasteiger partial charge in [0, 0.05) is 6.04 Å². The second-order valence-electron chi connectivity index (χ2n) is 7.38. The van der Waals surface area contributed by atoms with E-state index in [1.54, 1.807) is 0 Å². The van der Waals surface area contributed by atoms with Crippen LogP contribution in [0.3, 0.4) is 0 Å². The van der Waals surface area contributed by atoms with E-state index < -0.39 is 23.5 Å². The van der Waals surface area contributed by atoms with Gasteiger partial charge in [0.15, 0.2) is 17.5 Å². The van der Waals surface area contributed by atoms with Crippen LogP contribution in [0.25, 0.3) is 0 Å². The maximum atomic E-state index is 13.6. The lowest BCUT2D eigenvalue weighted by Gasteiger charge is -2.62. The number of rotatable bonds is 2. The van der Waals surface area contributed by atoms with Crippen LogP contribution in [0.15, 0.2) is 12.1 Å². The standard InChI is InChI=1S/C17H21F3N2O/c1-8-10-6-9(17(10,2)3)7-13(8)22-16(23)21-12-5-4-11(18)14(19)15(12)20/h4-5,8-10,13H,6-7H2,1-3H3,(H2,21,22,23). The summed E-state index contributed by atoms with van der Waals surface area (Å²) in [4.78, 5) is 12.1. The Bertz CT molecular complexity index is 647. The van der Waals surface area contributed by atoms with Crippen molar-refractivity contribution in [2.45, 2.75) is 39.7 Å². The van der Waals surface area contributed by atoms with Crippen molar-refractivity contribution in [2.75, 3.05) is 5.32 Å². The SMILES string of the molecule is CC1C(NC(=O)Nc2ccc(F)c(F)c2F)CC2CC1C2(C)C. The van der Waals surface area contributed by atoms with Crippen LogP contribution in [-0.4, -0.2) is 12.1 Å². The van der Waals surface area contributed by atoms with Gasteiger partial charge in [-0.15, -0.1) is 0 Å². The fraction of sp³-hybridized carbons (Fsp3) is 0.588. The highest BCUT2D eigenvalue weighted by molar-refractivity contribution is 5.89. The van der Waals surface area contributed by atoms with E-state index in [1.165, 1.54) is 6.42 Å². The van der Waals surface area contributed by atoms with Gasteiger partial charge in [0.05, 0.1) is 5.69 Å². The molecule has 126 valence electrons. The third kappa shape index (κ3) is 2.58. The smallest absolute Gasteiger partial charge is 0.319 e. The summed E-state index contributed by atoms with van der Waals surface area (Å²) in [5.74, 6) is -2.79.